The molecule has 1 aromatic carbocycles. The smallest absolute Gasteiger partial charge is 0.0541 e. The monoisotopic (exact) mass is 229 g/mol. The number of aliphatic hydroxyl groups excluding tert-OH is 1. The van der Waals surface area contributed by atoms with Gasteiger partial charge in [-0.3, -0.25) is 0 Å². The molecule has 1 aliphatic carbocycles. The van der Waals surface area contributed by atoms with E-state index in [1.54, 1.807) is 0 Å². The van der Waals surface area contributed by atoms with Crippen molar-refractivity contribution in [1.29, 1.82) is 0 Å². The number of hydrogen-bond donors (Lipinski definition) is 2. The van der Waals surface area contributed by atoms with Gasteiger partial charge in [-0.1, -0.05) is 18.1 Å². The summed E-state index contributed by atoms with van der Waals surface area (Å²) in [6, 6.07) is 8.11. The van der Waals surface area contributed by atoms with Crippen LogP contribution in [-0.4, -0.2) is 17.8 Å². The standard InChI is InChI=1S/C15H19NO/c1-2-12-3-5-13(6-4-12)15(11-16)9-7-14(17)8-10-15/h1,3-6,14,17H,7-11,16H2. The van der Waals surface area contributed by atoms with Crippen molar-refractivity contribution in [2.75, 3.05) is 6.54 Å². The lowest BCUT2D eigenvalue weighted by molar-refractivity contribution is 0.0974. The van der Waals surface area contributed by atoms with Gasteiger partial charge in [0.15, 0.2) is 0 Å². The Hall–Kier alpha value is -1.30. The molecule has 0 spiro atoms. The van der Waals surface area contributed by atoms with Crippen molar-refractivity contribution in [3.63, 3.8) is 0 Å². The fraction of sp³-hybridized carbons (Fsp3) is 0.467. The zero-order valence-electron chi connectivity index (χ0n) is 10.0. The van der Waals surface area contributed by atoms with Gasteiger partial charge in [-0.25, -0.2) is 0 Å². The lowest BCUT2D eigenvalue weighted by atomic mass is 9.68. The van der Waals surface area contributed by atoms with Crippen molar-refractivity contribution < 1.29 is 5.11 Å². The maximum absolute atomic E-state index is 9.60. The molecule has 0 aliphatic heterocycles. The van der Waals surface area contributed by atoms with Crippen LogP contribution >= 0.6 is 0 Å². The minimum atomic E-state index is -0.153. The molecule has 1 fully saturated rings. The molecule has 0 aromatic heterocycles. The highest BCUT2D eigenvalue weighted by Crippen LogP contribution is 2.38. The first-order chi connectivity index (χ1) is 8.20. The van der Waals surface area contributed by atoms with E-state index in [1.165, 1.54) is 5.56 Å². The van der Waals surface area contributed by atoms with Crippen LogP contribution in [0.25, 0.3) is 0 Å². The summed E-state index contributed by atoms with van der Waals surface area (Å²) in [5.74, 6) is 2.62. The zero-order valence-corrected chi connectivity index (χ0v) is 10.0. The molecule has 1 saturated carbocycles. The van der Waals surface area contributed by atoms with Crippen molar-refractivity contribution in [2.24, 2.45) is 5.73 Å². The van der Waals surface area contributed by atoms with E-state index in [2.05, 4.69) is 18.1 Å². The predicted molar refractivity (Wildman–Crippen MR) is 69.6 cm³/mol. The molecule has 1 aromatic rings. The van der Waals surface area contributed by atoms with Gasteiger partial charge in [0.05, 0.1) is 6.10 Å². The summed E-state index contributed by atoms with van der Waals surface area (Å²) < 4.78 is 0. The molecule has 17 heavy (non-hydrogen) atoms. The van der Waals surface area contributed by atoms with Crippen molar-refractivity contribution in [3.8, 4) is 12.3 Å². The Morgan fingerprint density at radius 3 is 2.35 bits per heavy atom. The van der Waals surface area contributed by atoms with Crippen molar-refractivity contribution in [3.05, 3.63) is 35.4 Å². The third-order valence-corrected chi connectivity index (χ3v) is 3.97. The van der Waals surface area contributed by atoms with Gasteiger partial charge in [-0.05, 0) is 43.4 Å². The Bertz CT molecular complexity index is 408. The van der Waals surface area contributed by atoms with Crippen LogP contribution in [0.4, 0.5) is 0 Å². The van der Waals surface area contributed by atoms with E-state index in [9.17, 15) is 5.11 Å². The lowest BCUT2D eigenvalue weighted by Gasteiger charge is -2.38. The molecule has 0 amide bonds. The molecule has 0 bridgehead atoms. The van der Waals surface area contributed by atoms with Gasteiger partial charge in [-0.15, -0.1) is 6.42 Å². The molecule has 0 saturated heterocycles. The Morgan fingerprint density at radius 1 is 1.29 bits per heavy atom. The van der Waals surface area contributed by atoms with Crippen LogP contribution in [0.2, 0.25) is 0 Å². The number of rotatable bonds is 2. The molecule has 1 aliphatic rings. The van der Waals surface area contributed by atoms with Crippen LogP contribution in [0, 0.1) is 12.3 Å². The molecule has 2 rings (SSSR count). The topological polar surface area (TPSA) is 46.2 Å². The van der Waals surface area contributed by atoms with Gasteiger partial charge >= 0.3 is 0 Å². The molecule has 3 N–H and O–H groups in total. The van der Waals surface area contributed by atoms with Crippen molar-refractivity contribution in [2.45, 2.75) is 37.2 Å². The second kappa shape index (κ2) is 4.91. The molecule has 2 heteroatoms. The summed E-state index contributed by atoms with van der Waals surface area (Å²) in [5.41, 5.74) is 8.15. The first kappa shape index (κ1) is 12.2. The number of aliphatic hydroxyl groups is 1. The molecule has 2 nitrogen and oxygen atoms in total. The van der Waals surface area contributed by atoms with E-state index in [1.807, 2.05) is 12.1 Å². The van der Waals surface area contributed by atoms with E-state index in [0.29, 0.717) is 6.54 Å². The third kappa shape index (κ3) is 2.36. The number of terminal acetylenes is 1. The summed E-state index contributed by atoms with van der Waals surface area (Å²) in [5, 5.41) is 9.60. The van der Waals surface area contributed by atoms with Crippen LogP contribution < -0.4 is 5.73 Å². The fourth-order valence-corrected chi connectivity index (χ4v) is 2.69. The Balaban J connectivity index is 2.25. The van der Waals surface area contributed by atoms with E-state index >= 15 is 0 Å². The molecular formula is C15H19NO. The summed E-state index contributed by atoms with van der Waals surface area (Å²) in [6.45, 7) is 0.634. The highest BCUT2D eigenvalue weighted by Gasteiger charge is 2.35. The van der Waals surface area contributed by atoms with Gasteiger partial charge in [-0.2, -0.15) is 0 Å². The normalized spacial score (nSPS) is 28.6. The second-order valence-corrected chi connectivity index (χ2v) is 4.94. The van der Waals surface area contributed by atoms with Crippen molar-refractivity contribution in [1.82, 2.24) is 0 Å². The SMILES string of the molecule is C#Cc1ccc(C2(CN)CCC(O)CC2)cc1. The summed E-state index contributed by atoms with van der Waals surface area (Å²) in [4.78, 5) is 0. The highest BCUT2D eigenvalue weighted by atomic mass is 16.3. The molecule has 0 radical (unpaired) electrons. The van der Waals surface area contributed by atoms with Crippen LogP contribution in [0.5, 0.6) is 0 Å². The average Bonchev–Trinajstić information content (AvgIpc) is 2.40. The lowest BCUT2D eigenvalue weighted by Crippen LogP contribution is -2.40. The van der Waals surface area contributed by atoms with Crippen LogP contribution in [0.1, 0.15) is 36.8 Å². The predicted octanol–water partition coefficient (Wildman–Crippen LogP) is 1.80. The molecule has 0 atom stereocenters. The number of hydrogen-bond acceptors (Lipinski definition) is 2. The number of nitrogens with two attached hydrogens (primary N) is 1. The van der Waals surface area contributed by atoms with Gasteiger partial charge in [0.25, 0.3) is 0 Å². The Kier molecular flexibility index (Phi) is 3.51. The molecule has 90 valence electrons. The Labute approximate surface area is 103 Å². The second-order valence-electron chi connectivity index (χ2n) is 4.94. The van der Waals surface area contributed by atoms with E-state index in [4.69, 9.17) is 12.2 Å². The first-order valence-electron chi connectivity index (χ1n) is 6.15. The largest absolute Gasteiger partial charge is 0.393 e. The highest BCUT2D eigenvalue weighted by molar-refractivity contribution is 5.37. The fourth-order valence-electron chi connectivity index (χ4n) is 2.69. The molecular weight excluding hydrogens is 210 g/mol. The van der Waals surface area contributed by atoms with E-state index in [-0.39, 0.29) is 11.5 Å². The number of benzene rings is 1. The van der Waals surface area contributed by atoms with E-state index in [0.717, 1.165) is 31.2 Å². The molecule has 0 unspecified atom stereocenters. The Morgan fingerprint density at radius 2 is 1.88 bits per heavy atom. The first-order valence-corrected chi connectivity index (χ1v) is 6.15. The quantitative estimate of drug-likeness (QED) is 0.760. The zero-order chi connectivity index (χ0) is 12.3. The van der Waals surface area contributed by atoms with Gasteiger partial charge in [0.1, 0.15) is 0 Å². The summed E-state index contributed by atoms with van der Waals surface area (Å²) in [7, 11) is 0. The van der Waals surface area contributed by atoms with Crippen LogP contribution in [0.15, 0.2) is 24.3 Å². The van der Waals surface area contributed by atoms with Crippen LogP contribution in [-0.2, 0) is 5.41 Å². The van der Waals surface area contributed by atoms with Gasteiger partial charge in [0, 0.05) is 17.5 Å². The summed E-state index contributed by atoms with van der Waals surface area (Å²) >= 11 is 0. The maximum atomic E-state index is 9.60. The van der Waals surface area contributed by atoms with Crippen molar-refractivity contribution >= 4 is 0 Å². The van der Waals surface area contributed by atoms with Gasteiger partial charge < -0.3 is 10.8 Å². The minimum absolute atomic E-state index is 0.0341. The van der Waals surface area contributed by atoms with Crippen LogP contribution in [0.3, 0.4) is 0 Å². The van der Waals surface area contributed by atoms with E-state index < -0.39 is 0 Å². The third-order valence-electron chi connectivity index (χ3n) is 3.97. The minimum Gasteiger partial charge on any atom is -0.393 e. The average molecular weight is 229 g/mol. The molecule has 0 heterocycles. The van der Waals surface area contributed by atoms with Gasteiger partial charge in [0.2, 0.25) is 0 Å². The summed E-state index contributed by atoms with van der Waals surface area (Å²) in [6.07, 6.45) is 8.80. The maximum Gasteiger partial charge on any atom is 0.0541 e.